The van der Waals surface area contributed by atoms with E-state index in [0.29, 0.717) is 11.5 Å². The first-order valence-corrected chi connectivity index (χ1v) is 8.85. The fourth-order valence-electron chi connectivity index (χ4n) is 2.12. The van der Waals surface area contributed by atoms with Crippen molar-refractivity contribution in [3.63, 3.8) is 0 Å². The molecule has 2 aromatic heterocycles. The molecular formula is C15H12ClFN4O3S. The fourth-order valence-corrected chi connectivity index (χ4v) is 3.43. The summed E-state index contributed by atoms with van der Waals surface area (Å²) in [5, 5.41) is 2.52. The van der Waals surface area contributed by atoms with Crippen molar-refractivity contribution in [2.75, 3.05) is 4.72 Å². The second-order valence-electron chi connectivity index (χ2n) is 5.20. The van der Waals surface area contributed by atoms with Crippen LogP contribution in [0.1, 0.15) is 5.69 Å². The summed E-state index contributed by atoms with van der Waals surface area (Å²) in [4.78, 5) is 15.6. The highest BCUT2D eigenvalue weighted by Gasteiger charge is 2.16. The van der Waals surface area contributed by atoms with Crippen LogP contribution >= 0.6 is 11.6 Å². The van der Waals surface area contributed by atoms with Crippen LogP contribution in [-0.2, 0) is 10.0 Å². The number of H-pyrrole nitrogens is 1. The predicted octanol–water partition coefficient (Wildman–Crippen LogP) is 2.46. The summed E-state index contributed by atoms with van der Waals surface area (Å²) in [7, 11) is -3.95. The molecule has 2 N–H and O–H groups in total. The number of hydrogen-bond donors (Lipinski definition) is 2. The number of halogens is 2. The summed E-state index contributed by atoms with van der Waals surface area (Å²) < 4.78 is 41.3. The van der Waals surface area contributed by atoms with E-state index in [0.717, 1.165) is 18.2 Å². The summed E-state index contributed by atoms with van der Waals surface area (Å²) in [6.07, 6.45) is 1.26. The molecule has 0 atom stereocenters. The molecule has 0 fully saturated rings. The molecule has 7 nitrogen and oxygen atoms in total. The average Bonchev–Trinajstić information content (AvgIpc) is 2.89. The number of aromatic amines is 1. The minimum absolute atomic E-state index is 0.181. The molecule has 10 heteroatoms. The maximum atomic E-state index is 13.2. The molecule has 1 aromatic carbocycles. The van der Waals surface area contributed by atoms with Crippen molar-refractivity contribution in [2.45, 2.75) is 11.8 Å². The Kier molecular flexibility index (Phi) is 4.36. The highest BCUT2D eigenvalue weighted by Crippen LogP contribution is 2.21. The van der Waals surface area contributed by atoms with Crippen molar-refractivity contribution < 1.29 is 12.8 Å². The molecule has 0 amide bonds. The monoisotopic (exact) mass is 382 g/mol. The zero-order valence-electron chi connectivity index (χ0n) is 12.8. The van der Waals surface area contributed by atoms with Crippen LogP contribution in [0, 0.1) is 12.7 Å². The van der Waals surface area contributed by atoms with Gasteiger partial charge in [-0.2, -0.15) is 0 Å². The number of rotatable bonds is 4. The number of benzene rings is 1. The van der Waals surface area contributed by atoms with E-state index >= 15 is 0 Å². The Bertz CT molecular complexity index is 1090. The van der Waals surface area contributed by atoms with E-state index in [1.54, 1.807) is 6.92 Å². The quantitative estimate of drug-likeness (QED) is 0.724. The van der Waals surface area contributed by atoms with Gasteiger partial charge in [-0.3, -0.25) is 14.6 Å². The van der Waals surface area contributed by atoms with Crippen molar-refractivity contribution in [1.29, 1.82) is 0 Å². The van der Waals surface area contributed by atoms with E-state index in [2.05, 4.69) is 14.8 Å². The van der Waals surface area contributed by atoms with E-state index in [4.69, 9.17) is 11.6 Å². The van der Waals surface area contributed by atoms with Crippen molar-refractivity contribution in [3.8, 4) is 5.82 Å². The molecule has 0 aliphatic heterocycles. The Labute approximate surface area is 147 Å². The van der Waals surface area contributed by atoms with Gasteiger partial charge in [-0.25, -0.2) is 22.5 Å². The Morgan fingerprint density at radius 3 is 2.56 bits per heavy atom. The van der Waals surface area contributed by atoms with E-state index < -0.39 is 15.8 Å². The molecule has 3 aromatic rings. The van der Waals surface area contributed by atoms with E-state index in [-0.39, 0.29) is 21.2 Å². The summed E-state index contributed by atoms with van der Waals surface area (Å²) >= 11 is 5.61. The van der Waals surface area contributed by atoms with Gasteiger partial charge in [0.25, 0.3) is 15.6 Å². The molecular weight excluding hydrogens is 371 g/mol. The average molecular weight is 383 g/mol. The van der Waals surface area contributed by atoms with Gasteiger partial charge in [0.1, 0.15) is 5.82 Å². The number of pyridine rings is 1. The first-order chi connectivity index (χ1) is 11.8. The maximum Gasteiger partial charge on any atom is 0.272 e. The van der Waals surface area contributed by atoms with Crippen LogP contribution in [0.25, 0.3) is 5.82 Å². The maximum absolute atomic E-state index is 13.2. The minimum Gasteiger partial charge on any atom is -0.294 e. The second kappa shape index (κ2) is 6.34. The molecule has 2 heterocycles. The number of hydrogen-bond acceptors (Lipinski definition) is 4. The first kappa shape index (κ1) is 17.2. The number of nitrogens with one attached hydrogen (secondary N) is 2. The summed E-state index contributed by atoms with van der Waals surface area (Å²) in [5.41, 5.74) is 0.574. The summed E-state index contributed by atoms with van der Waals surface area (Å²) in [6, 6.07) is 7.43. The van der Waals surface area contributed by atoms with Gasteiger partial charge in [0.05, 0.1) is 21.8 Å². The fraction of sp³-hybridized carbons (Fsp3) is 0.0667. The molecule has 0 bridgehead atoms. The van der Waals surface area contributed by atoms with E-state index in [9.17, 15) is 17.6 Å². The van der Waals surface area contributed by atoms with Gasteiger partial charge in [-0.1, -0.05) is 11.6 Å². The molecule has 25 heavy (non-hydrogen) atoms. The van der Waals surface area contributed by atoms with Crippen molar-refractivity contribution >= 4 is 27.3 Å². The number of sulfonamides is 1. The number of anilines is 1. The highest BCUT2D eigenvalue weighted by atomic mass is 35.5. The van der Waals surface area contributed by atoms with Crippen molar-refractivity contribution in [1.82, 2.24) is 14.8 Å². The van der Waals surface area contributed by atoms with Crippen LogP contribution in [0.5, 0.6) is 0 Å². The Morgan fingerprint density at radius 2 is 2.00 bits per heavy atom. The number of aryl methyl sites for hydroxylation is 1. The molecule has 0 saturated heterocycles. The Balaban J connectivity index is 1.86. The minimum atomic E-state index is -3.95. The van der Waals surface area contributed by atoms with Crippen molar-refractivity contribution in [2.24, 2.45) is 0 Å². The van der Waals surface area contributed by atoms with Crippen LogP contribution < -0.4 is 10.3 Å². The molecule has 3 rings (SSSR count). The molecule has 130 valence electrons. The van der Waals surface area contributed by atoms with Crippen LogP contribution in [-0.4, -0.2) is 23.2 Å². The predicted molar refractivity (Wildman–Crippen MR) is 91.1 cm³/mol. The van der Waals surface area contributed by atoms with E-state index in [1.807, 2.05) is 0 Å². The van der Waals surface area contributed by atoms with Crippen LogP contribution in [0.2, 0.25) is 5.02 Å². The molecule has 0 saturated carbocycles. The van der Waals surface area contributed by atoms with Crippen molar-refractivity contribution in [3.05, 3.63) is 69.5 Å². The third-order valence-electron chi connectivity index (χ3n) is 3.28. The lowest BCUT2D eigenvalue weighted by molar-refractivity contribution is 0.599. The zero-order valence-corrected chi connectivity index (χ0v) is 14.4. The van der Waals surface area contributed by atoms with Gasteiger partial charge in [0.15, 0.2) is 5.82 Å². The molecule has 0 radical (unpaired) electrons. The Hall–Kier alpha value is -2.65. The summed E-state index contributed by atoms with van der Waals surface area (Å²) in [6.45, 7) is 1.73. The van der Waals surface area contributed by atoms with Crippen LogP contribution in [0.4, 0.5) is 10.1 Å². The zero-order chi connectivity index (χ0) is 18.2. The number of nitrogens with zero attached hydrogens (tertiary/aromatic N) is 2. The van der Waals surface area contributed by atoms with Gasteiger partial charge in [0, 0.05) is 11.8 Å². The topological polar surface area (TPSA) is 96.8 Å². The Morgan fingerprint density at radius 1 is 1.24 bits per heavy atom. The van der Waals surface area contributed by atoms with Gasteiger partial charge >= 0.3 is 0 Å². The molecule has 0 unspecified atom stereocenters. The summed E-state index contributed by atoms with van der Waals surface area (Å²) in [5.74, 6) is -0.399. The van der Waals surface area contributed by atoms with Gasteiger partial charge < -0.3 is 0 Å². The number of aromatic nitrogens is 3. The van der Waals surface area contributed by atoms with Crippen LogP contribution in [0.3, 0.4) is 0 Å². The molecule has 0 spiro atoms. The van der Waals surface area contributed by atoms with Gasteiger partial charge in [0.2, 0.25) is 0 Å². The van der Waals surface area contributed by atoms with E-state index in [1.165, 1.54) is 29.1 Å². The smallest absolute Gasteiger partial charge is 0.272 e. The highest BCUT2D eigenvalue weighted by molar-refractivity contribution is 7.92. The molecule has 0 aliphatic carbocycles. The lowest BCUT2D eigenvalue weighted by Gasteiger charge is -2.09. The second-order valence-corrected chi connectivity index (χ2v) is 7.29. The molecule has 0 aliphatic rings. The lowest BCUT2D eigenvalue weighted by atomic mass is 10.3. The van der Waals surface area contributed by atoms with Crippen LogP contribution in [0.15, 0.2) is 52.3 Å². The van der Waals surface area contributed by atoms with Gasteiger partial charge in [-0.05, 0) is 37.3 Å². The normalized spacial score (nSPS) is 11.5. The lowest BCUT2D eigenvalue weighted by Crippen LogP contribution is -2.16. The third-order valence-corrected chi connectivity index (χ3v) is 4.95. The standard InChI is InChI=1S/C15H12ClFN4O3S/c1-9-6-15(22)21(19-9)14-5-2-10(8-18-14)20-25(23,24)11-3-4-13(17)12(16)7-11/h2-8,19-20H,1H3. The van der Waals surface area contributed by atoms with Gasteiger partial charge in [-0.15, -0.1) is 0 Å². The SMILES string of the molecule is Cc1cc(=O)n(-c2ccc(NS(=O)(=O)c3ccc(F)c(Cl)c3)cn2)[nH]1. The largest absolute Gasteiger partial charge is 0.294 e. The third kappa shape index (κ3) is 3.57. The first-order valence-electron chi connectivity index (χ1n) is 6.99.